The van der Waals surface area contributed by atoms with Crippen molar-refractivity contribution < 1.29 is 4.74 Å². The second kappa shape index (κ2) is 7.24. The molecule has 0 N–H and O–H groups in total. The van der Waals surface area contributed by atoms with Crippen molar-refractivity contribution in [1.82, 2.24) is 0 Å². The van der Waals surface area contributed by atoms with Crippen molar-refractivity contribution >= 4 is 11.8 Å². The van der Waals surface area contributed by atoms with Gasteiger partial charge in [-0.1, -0.05) is 6.07 Å². The Labute approximate surface area is 108 Å². The Morgan fingerprint density at radius 3 is 2.71 bits per heavy atom. The number of thiocyanates is 1. The minimum Gasteiger partial charge on any atom is -0.494 e. The van der Waals surface area contributed by atoms with Gasteiger partial charge in [0, 0.05) is 5.75 Å². The van der Waals surface area contributed by atoms with Crippen LogP contribution in [0.5, 0.6) is 5.75 Å². The first-order chi connectivity index (χ1) is 8.19. The molecule has 17 heavy (non-hydrogen) atoms. The number of benzene rings is 1. The average Bonchev–Trinajstić information content (AvgIpc) is 2.30. The monoisotopic (exact) mass is 249 g/mol. The molecular formula is C14H19NOS. The van der Waals surface area contributed by atoms with Crippen LogP contribution in [0.1, 0.15) is 30.0 Å². The van der Waals surface area contributed by atoms with Gasteiger partial charge < -0.3 is 4.74 Å². The summed E-state index contributed by atoms with van der Waals surface area (Å²) < 4.78 is 5.57. The molecule has 0 aliphatic heterocycles. The second-order valence-electron chi connectivity index (χ2n) is 4.02. The maximum atomic E-state index is 8.45. The van der Waals surface area contributed by atoms with E-state index in [4.69, 9.17) is 10.00 Å². The van der Waals surface area contributed by atoms with Crippen LogP contribution in [0.15, 0.2) is 12.1 Å². The molecular weight excluding hydrogens is 230 g/mol. The van der Waals surface area contributed by atoms with E-state index in [1.165, 1.54) is 28.5 Å². The Morgan fingerprint density at radius 1 is 1.29 bits per heavy atom. The third-order valence-electron chi connectivity index (χ3n) is 2.69. The summed E-state index contributed by atoms with van der Waals surface area (Å²) in [6, 6.07) is 4.32. The average molecular weight is 249 g/mol. The molecule has 0 bridgehead atoms. The van der Waals surface area contributed by atoms with Crippen LogP contribution < -0.4 is 4.74 Å². The first-order valence-corrected chi connectivity index (χ1v) is 6.91. The first kappa shape index (κ1) is 13.9. The normalized spacial score (nSPS) is 10.0. The minimum absolute atomic E-state index is 0.707. The van der Waals surface area contributed by atoms with Crippen molar-refractivity contribution in [2.45, 2.75) is 33.6 Å². The number of ether oxygens (including phenoxy) is 1. The van der Waals surface area contributed by atoms with Crippen molar-refractivity contribution in [2.24, 2.45) is 0 Å². The number of thioether (sulfide) groups is 1. The van der Waals surface area contributed by atoms with Crippen LogP contribution in [0.2, 0.25) is 0 Å². The highest BCUT2D eigenvalue weighted by Gasteiger charge is 2.05. The summed E-state index contributed by atoms with van der Waals surface area (Å²) in [5, 5.41) is 10.6. The molecule has 0 aliphatic rings. The zero-order valence-electron chi connectivity index (χ0n) is 10.7. The third kappa shape index (κ3) is 4.32. The molecule has 0 saturated carbocycles. The van der Waals surface area contributed by atoms with E-state index in [1.807, 2.05) is 6.92 Å². The highest BCUT2D eigenvalue weighted by Crippen LogP contribution is 2.24. The molecule has 0 unspecified atom stereocenters. The van der Waals surface area contributed by atoms with Crippen molar-refractivity contribution in [3.8, 4) is 11.2 Å². The number of aryl methyl sites for hydroxylation is 3. The Kier molecular flexibility index (Phi) is 5.93. The smallest absolute Gasteiger partial charge is 0.133 e. The SMILES string of the molecule is CCOc1cc(C)c(CCCSC#N)cc1C. The van der Waals surface area contributed by atoms with Gasteiger partial charge >= 0.3 is 0 Å². The van der Waals surface area contributed by atoms with Gasteiger partial charge in [-0.15, -0.1) is 0 Å². The number of hydrogen-bond donors (Lipinski definition) is 0. The molecule has 1 aromatic rings. The predicted octanol–water partition coefficient (Wildman–Crippen LogP) is 3.85. The summed E-state index contributed by atoms with van der Waals surface area (Å²) in [5.41, 5.74) is 3.84. The molecule has 0 amide bonds. The largest absolute Gasteiger partial charge is 0.494 e. The maximum absolute atomic E-state index is 8.45. The molecule has 2 nitrogen and oxygen atoms in total. The Bertz CT molecular complexity index is 409. The molecule has 0 fully saturated rings. The topological polar surface area (TPSA) is 33.0 Å². The van der Waals surface area contributed by atoms with Gasteiger partial charge in [0.2, 0.25) is 0 Å². The van der Waals surface area contributed by atoms with Crippen LogP contribution in [-0.2, 0) is 6.42 Å². The maximum Gasteiger partial charge on any atom is 0.133 e. The van der Waals surface area contributed by atoms with E-state index < -0.39 is 0 Å². The number of nitrogens with zero attached hydrogens (tertiary/aromatic N) is 1. The molecule has 3 heteroatoms. The van der Waals surface area contributed by atoms with Crippen LogP contribution in [0, 0.1) is 24.5 Å². The molecule has 92 valence electrons. The lowest BCUT2D eigenvalue weighted by atomic mass is 10.0. The molecule has 0 aromatic heterocycles. The van der Waals surface area contributed by atoms with E-state index in [2.05, 4.69) is 31.4 Å². The summed E-state index contributed by atoms with van der Waals surface area (Å²) in [4.78, 5) is 0. The third-order valence-corrected chi connectivity index (χ3v) is 3.31. The van der Waals surface area contributed by atoms with E-state index in [9.17, 15) is 0 Å². The summed E-state index contributed by atoms with van der Waals surface area (Å²) in [6.07, 6.45) is 2.08. The Balaban J connectivity index is 2.67. The second-order valence-corrected chi connectivity index (χ2v) is 4.90. The van der Waals surface area contributed by atoms with Crippen molar-refractivity contribution in [2.75, 3.05) is 12.4 Å². The predicted molar refractivity (Wildman–Crippen MR) is 73.5 cm³/mol. The van der Waals surface area contributed by atoms with E-state index in [-0.39, 0.29) is 0 Å². The zero-order valence-corrected chi connectivity index (χ0v) is 11.6. The zero-order chi connectivity index (χ0) is 12.7. The van der Waals surface area contributed by atoms with Crippen LogP contribution in [-0.4, -0.2) is 12.4 Å². The van der Waals surface area contributed by atoms with Crippen LogP contribution >= 0.6 is 11.8 Å². The van der Waals surface area contributed by atoms with Gasteiger partial charge in [0.25, 0.3) is 0 Å². The summed E-state index contributed by atoms with van der Waals surface area (Å²) in [5.74, 6) is 1.89. The lowest BCUT2D eigenvalue weighted by Gasteiger charge is -2.12. The van der Waals surface area contributed by atoms with Gasteiger partial charge in [-0.2, -0.15) is 5.26 Å². The minimum atomic E-state index is 0.707. The van der Waals surface area contributed by atoms with Crippen molar-refractivity contribution in [1.29, 1.82) is 5.26 Å². The van der Waals surface area contributed by atoms with E-state index in [0.717, 1.165) is 24.3 Å². The lowest BCUT2D eigenvalue weighted by Crippen LogP contribution is -1.98. The highest BCUT2D eigenvalue weighted by molar-refractivity contribution is 8.03. The molecule has 0 aliphatic carbocycles. The van der Waals surface area contributed by atoms with Gasteiger partial charge in [-0.3, -0.25) is 0 Å². The van der Waals surface area contributed by atoms with Crippen LogP contribution in [0.25, 0.3) is 0 Å². The van der Waals surface area contributed by atoms with Crippen LogP contribution in [0.3, 0.4) is 0 Å². The number of nitriles is 1. The summed E-state index contributed by atoms with van der Waals surface area (Å²) in [6.45, 7) is 6.91. The standard InChI is InChI=1S/C14H19NOS/c1-4-16-14-9-11(2)13(8-12(14)3)6-5-7-17-10-15/h8-9H,4-7H2,1-3H3. The molecule has 0 saturated heterocycles. The number of hydrogen-bond acceptors (Lipinski definition) is 3. The molecule has 1 rings (SSSR count). The fourth-order valence-corrected chi connectivity index (χ4v) is 2.19. The van der Waals surface area contributed by atoms with E-state index in [1.54, 1.807) is 0 Å². The van der Waals surface area contributed by atoms with Crippen LogP contribution in [0.4, 0.5) is 0 Å². The lowest BCUT2D eigenvalue weighted by molar-refractivity contribution is 0.337. The number of rotatable bonds is 6. The van der Waals surface area contributed by atoms with E-state index >= 15 is 0 Å². The summed E-state index contributed by atoms with van der Waals surface area (Å²) >= 11 is 1.33. The first-order valence-electron chi connectivity index (χ1n) is 5.92. The quantitative estimate of drug-likeness (QED) is 0.567. The highest BCUT2D eigenvalue weighted by atomic mass is 32.2. The van der Waals surface area contributed by atoms with Gasteiger partial charge in [-0.25, -0.2) is 0 Å². The van der Waals surface area contributed by atoms with E-state index in [0.29, 0.717) is 6.61 Å². The Morgan fingerprint density at radius 2 is 2.06 bits per heavy atom. The van der Waals surface area contributed by atoms with Gasteiger partial charge in [0.05, 0.1) is 6.61 Å². The fourth-order valence-electron chi connectivity index (χ4n) is 1.81. The summed E-state index contributed by atoms with van der Waals surface area (Å²) in [7, 11) is 0. The Hall–Kier alpha value is -1.14. The molecule has 1 aromatic carbocycles. The molecule has 0 atom stereocenters. The van der Waals surface area contributed by atoms with Gasteiger partial charge in [-0.05, 0) is 68.1 Å². The van der Waals surface area contributed by atoms with Crippen molar-refractivity contribution in [3.05, 3.63) is 28.8 Å². The fraction of sp³-hybridized carbons (Fsp3) is 0.500. The molecule has 0 radical (unpaired) electrons. The van der Waals surface area contributed by atoms with Crippen molar-refractivity contribution in [3.63, 3.8) is 0 Å². The van der Waals surface area contributed by atoms with Gasteiger partial charge in [0.15, 0.2) is 0 Å². The molecule has 0 spiro atoms. The van der Waals surface area contributed by atoms with Gasteiger partial charge in [0.1, 0.15) is 11.2 Å². The molecule has 0 heterocycles.